The minimum Gasteiger partial charge on any atom is -0.391 e. The van der Waals surface area contributed by atoms with Gasteiger partial charge in [-0.3, -0.25) is 0 Å². The number of pyridine rings is 1. The van der Waals surface area contributed by atoms with Gasteiger partial charge in [-0.1, -0.05) is 0 Å². The molecule has 1 aliphatic heterocycles. The van der Waals surface area contributed by atoms with E-state index in [0.29, 0.717) is 17.9 Å². The zero-order valence-electron chi connectivity index (χ0n) is 7.72. The zero-order chi connectivity index (χ0) is 9.97. The van der Waals surface area contributed by atoms with Crippen LogP contribution in [0.1, 0.15) is 12.0 Å². The molecule has 0 spiro atoms. The lowest BCUT2D eigenvalue weighted by Crippen LogP contribution is -2.23. The summed E-state index contributed by atoms with van der Waals surface area (Å²) in [4.78, 5) is 6.11. The van der Waals surface area contributed by atoms with Crippen molar-refractivity contribution in [1.82, 2.24) is 4.98 Å². The molecular formula is C10H11N3O. The molecule has 1 aliphatic rings. The molecule has 1 aromatic rings. The van der Waals surface area contributed by atoms with E-state index in [-0.39, 0.29) is 6.10 Å². The minimum absolute atomic E-state index is 0.288. The minimum atomic E-state index is -0.288. The van der Waals surface area contributed by atoms with Crippen LogP contribution in [0.3, 0.4) is 0 Å². The van der Waals surface area contributed by atoms with E-state index < -0.39 is 0 Å². The van der Waals surface area contributed by atoms with Gasteiger partial charge in [-0.15, -0.1) is 0 Å². The maximum Gasteiger partial charge on any atom is 0.146 e. The van der Waals surface area contributed by atoms with Crippen LogP contribution in [0.25, 0.3) is 0 Å². The molecule has 0 amide bonds. The van der Waals surface area contributed by atoms with E-state index >= 15 is 0 Å². The predicted octanol–water partition coefficient (Wildman–Crippen LogP) is 0.524. The maximum absolute atomic E-state index is 9.37. The molecule has 4 nitrogen and oxygen atoms in total. The second-order valence-corrected chi connectivity index (χ2v) is 3.37. The number of anilines is 1. The number of nitrogens with zero attached hydrogens (tertiary/aromatic N) is 3. The lowest BCUT2D eigenvalue weighted by Gasteiger charge is -2.17. The number of rotatable bonds is 1. The Hall–Kier alpha value is -1.60. The Bertz CT molecular complexity index is 372. The van der Waals surface area contributed by atoms with E-state index in [0.717, 1.165) is 13.0 Å². The van der Waals surface area contributed by atoms with Crippen LogP contribution in [-0.4, -0.2) is 29.3 Å². The second-order valence-electron chi connectivity index (χ2n) is 3.37. The average molecular weight is 189 g/mol. The Morgan fingerprint density at radius 3 is 3.14 bits per heavy atom. The highest BCUT2D eigenvalue weighted by Crippen LogP contribution is 2.21. The van der Waals surface area contributed by atoms with Gasteiger partial charge in [0.05, 0.1) is 11.7 Å². The molecule has 0 bridgehead atoms. The summed E-state index contributed by atoms with van der Waals surface area (Å²) in [6.45, 7) is 1.35. The molecule has 14 heavy (non-hydrogen) atoms. The van der Waals surface area contributed by atoms with Crippen LogP contribution in [0.2, 0.25) is 0 Å². The molecule has 0 saturated carbocycles. The molecule has 2 rings (SSSR count). The van der Waals surface area contributed by atoms with Crippen LogP contribution in [0, 0.1) is 11.3 Å². The van der Waals surface area contributed by atoms with Crippen molar-refractivity contribution in [2.45, 2.75) is 12.5 Å². The van der Waals surface area contributed by atoms with Crippen LogP contribution in [0.5, 0.6) is 0 Å². The Morgan fingerprint density at radius 1 is 1.64 bits per heavy atom. The lowest BCUT2D eigenvalue weighted by atomic mass is 10.2. The van der Waals surface area contributed by atoms with Crippen molar-refractivity contribution >= 4 is 5.82 Å². The summed E-state index contributed by atoms with van der Waals surface area (Å²) < 4.78 is 0. The highest BCUT2D eigenvalue weighted by atomic mass is 16.3. The topological polar surface area (TPSA) is 60.2 Å². The van der Waals surface area contributed by atoms with Gasteiger partial charge < -0.3 is 10.0 Å². The normalized spacial score (nSPS) is 20.9. The van der Waals surface area contributed by atoms with E-state index in [2.05, 4.69) is 11.1 Å². The fourth-order valence-electron chi connectivity index (χ4n) is 1.67. The van der Waals surface area contributed by atoms with Gasteiger partial charge in [-0.05, 0) is 18.6 Å². The SMILES string of the molecule is N#Cc1cccnc1N1CC[C@H](O)C1. The number of aliphatic hydroxyl groups excluding tert-OH is 1. The summed E-state index contributed by atoms with van der Waals surface area (Å²) in [5, 5.41) is 18.2. The van der Waals surface area contributed by atoms with Crippen molar-refractivity contribution in [3.05, 3.63) is 23.9 Å². The summed E-state index contributed by atoms with van der Waals surface area (Å²) in [5.74, 6) is 0.687. The zero-order valence-corrected chi connectivity index (χ0v) is 7.72. The van der Waals surface area contributed by atoms with Crippen molar-refractivity contribution in [2.75, 3.05) is 18.0 Å². The van der Waals surface area contributed by atoms with Gasteiger partial charge in [0.15, 0.2) is 0 Å². The lowest BCUT2D eigenvalue weighted by molar-refractivity contribution is 0.198. The maximum atomic E-state index is 9.37. The molecular weight excluding hydrogens is 178 g/mol. The summed E-state index contributed by atoms with van der Waals surface area (Å²) in [6, 6.07) is 5.59. The summed E-state index contributed by atoms with van der Waals surface area (Å²) in [6.07, 6.45) is 2.13. The fourth-order valence-corrected chi connectivity index (χ4v) is 1.67. The first kappa shape index (κ1) is 8.97. The highest BCUT2D eigenvalue weighted by Gasteiger charge is 2.22. The standard InChI is InChI=1S/C10H11N3O/c11-6-8-2-1-4-12-10(8)13-5-3-9(14)7-13/h1-2,4,9,14H,3,5,7H2/t9-/m0/s1. The van der Waals surface area contributed by atoms with Gasteiger partial charge in [0.25, 0.3) is 0 Å². The predicted molar refractivity (Wildman–Crippen MR) is 51.8 cm³/mol. The number of aromatic nitrogens is 1. The Morgan fingerprint density at radius 2 is 2.50 bits per heavy atom. The number of hydrogen-bond acceptors (Lipinski definition) is 4. The van der Waals surface area contributed by atoms with Crippen molar-refractivity contribution in [3.8, 4) is 6.07 Å². The van der Waals surface area contributed by atoms with Crippen molar-refractivity contribution < 1.29 is 5.11 Å². The molecule has 1 aromatic heterocycles. The Labute approximate surface area is 82.4 Å². The molecule has 0 radical (unpaired) electrons. The van der Waals surface area contributed by atoms with Crippen LogP contribution >= 0.6 is 0 Å². The summed E-state index contributed by atoms with van der Waals surface area (Å²) in [7, 11) is 0. The molecule has 1 atom stereocenters. The smallest absolute Gasteiger partial charge is 0.146 e. The van der Waals surface area contributed by atoms with Gasteiger partial charge in [0.1, 0.15) is 11.9 Å². The van der Waals surface area contributed by atoms with E-state index in [1.54, 1.807) is 18.3 Å². The van der Waals surface area contributed by atoms with Crippen LogP contribution < -0.4 is 4.90 Å². The van der Waals surface area contributed by atoms with E-state index in [4.69, 9.17) is 5.26 Å². The first-order chi connectivity index (χ1) is 6.81. The number of hydrogen-bond donors (Lipinski definition) is 1. The summed E-state index contributed by atoms with van der Waals surface area (Å²) >= 11 is 0. The molecule has 4 heteroatoms. The van der Waals surface area contributed by atoms with Crippen LogP contribution in [-0.2, 0) is 0 Å². The van der Waals surface area contributed by atoms with Gasteiger partial charge >= 0.3 is 0 Å². The van der Waals surface area contributed by atoms with Crippen LogP contribution in [0.4, 0.5) is 5.82 Å². The summed E-state index contributed by atoms with van der Waals surface area (Å²) in [5.41, 5.74) is 0.571. The van der Waals surface area contributed by atoms with Gasteiger partial charge in [0.2, 0.25) is 0 Å². The Balaban J connectivity index is 2.28. The molecule has 72 valence electrons. The monoisotopic (exact) mass is 189 g/mol. The third kappa shape index (κ3) is 1.54. The first-order valence-corrected chi connectivity index (χ1v) is 4.59. The quantitative estimate of drug-likeness (QED) is 0.699. The number of aliphatic hydroxyl groups is 1. The van der Waals surface area contributed by atoms with E-state index in [1.807, 2.05) is 4.90 Å². The van der Waals surface area contributed by atoms with Crippen molar-refractivity contribution in [2.24, 2.45) is 0 Å². The van der Waals surface area contributed by atoms with Gasteiger partial charge in [-0.2, -0.15) is 5.26 Å². The van der Waals surface area contributed by atoms with Crippen molar-refractivity contribution in [3.63, 3.8) is 0 Å². The van der Waals surface area contributed by atoms with Crippen molar-refractivity contribution in [1.29, 1.82) is 5.26 Å². The molecule has 0 unspecified atom stereocenters. The average Bonchev–Trinajstić information content (AvgIpc) is 2.65. The largest absolute Gasteiger partial charge is 0.391 e. The molecule has 1 N–H and O–H groups in total. The van der Waals surface area contributed by atoms with E-state index in [9.17, 15) is 5.11 Å². The van der Waals surface area contributed by atoms with E-state index in [1.165, 1.54) is 0 Å². The molecule has 1 fully saturated rings. The van der Waals surface area contributed by atoms with Crippen LogP contribution in [0.15, 0.2) is 18.3 Å². The fraction of sp³-hybridized carbons (Fsp3) is 0.400. The molecule has 0 aromatic carbocycles. The number of nitriles is 1. The molecule has 1 saturated heterocycles. The molecule has 2 heterocycles. The number of β-amino-alcohol motifs (C(OH)–C–C–N with tert-alkyl or cyclic N) is 1. The second kappa shape index (κ2) is 3.64. The van der Waals surface area contributed by atoms with Gasteiger partial charge in [-0.25, -0.2) is 4.98 Å². The molecule has 0 aliphatic carbocycles. The third-order valence-electron chi connectivity index (χ3n) is 2.37. The first-order valence-electron chi connectivity index (χ1n) is 4.59. The highest BCUT2D eigenvalue weighted by molar-refractivity contribution is 5.54. The van der Waals surface area contributed by atoms with Gasteiger partial charge in [0, 0.05) is 19.3 Å². The Kier molecular flexibility index (Phi) is 2.33. The third-order valence-corrected chi connectivity index (χ3v) is 2.37.